The Labute approximate surface area is 148 Å². The lowest BCUT2D eigenvalue weighted by Gasteiger charge is -2.28. The van der Waals surface area contributed by atoms with Gasteiger partial charge in [-0.2, -0.15) is 0 Å². The van der Waals surface area contributed by atoms with E-state index >= 15 is 0 Å². The predicted octanol–water partition coefficient (Wildman–Crippen LogP) is 3.30. The summed E-state index contributed by atoms with van der Waals surface area (Å²) in [6, 6.07) is 7.98. The lowest BCUT2D eigenvalue weighted by molar-refractivity contribution is -0.139. The Morgan fingerprint density at radius 3 is 2.50 bits per heavy atom. The fourth-order valence-corrected chi connectivity index (χ4v) is 3.30. The average Bonchev–Trinajstić information content (AvgIpc) is 2.61. The number of thioether (sulfide) groups is 1. The fraction of sp³-hybridized carbons (Fsp3) is 0.556. The molecule has 1 saturated heterocycles. The Hall–Kier alpha value is -1.69. The van der Waals surface area contributed by atoms with Crippen LogP contribution >= 0.6 is 11.8 Å². The number of ether oxygens (including phenoxy) is 1. The van der Waals surface area contributed by atoms with E-state index < -0.39 is 0 Å². The average molecular weight is 350 g/mol. The zero-order valence-corrected chi connectivity index (χ0v) is 15.2. The maximum absolute atomic E-state index is 12.2. The van der Waals surface area contributed by atoms with Crippen LogP contribution in [0.2, 0.25) is 0 Å². The standard InChI is InChI=1S/C18H26N2O3S/c1-3-23-17(21)13-24-14(2)18(22)19-15-7-9-16(10-8-15)20-11-5-4-6-12-20/h7-10,14H,3-6,11-13H2,1-2H3,(H,19,22)/t14-/m0/s1. The summed E-state index contributed by atoms with van der Waals surface area (Å²) in [4.78, 5) is 25.9. The Bertz CT molecular complexity index is 542. The number of benzene rings is 1. The molecular formula is C18H26N2O3S. The SMILES string of the molecule is CCOC(=O)CS[C@@H](C)C(=O)Nc1ccc(N2CCCCC2)cc1. The maximum Gasteiger partial charge on any atom is 0.315 e. The second-order valence-electron chi connectivity index (χ2n) is 5.84. The molecule has 1 amide bonds. The number of nitrogens with zero attached hydrogens (tertiary/aromatic N) is 1. The highest BCUT2D eigenvalue weighted by molar-refractivity contribution is 8.01. The maximum atomic E-state index is 12.2. The Morgan fingerprint density at radius 2 is 1.88 bits per heavy atom. The van der Waals surface area contributed by atoms with Crippen LogP contribution in [0, 0.1) is 0 Å². The summed E-state index contributed by atoms with van der Waals surface area (Å²) in [5.41, 5.74) is 1.99. The van der Waals surface area contributed by atoms with Crippen LogP contribution in [0.25, 0.3) is 0 Å². The molecule has 6 heteroatoms. The lowest BCUT2D eigenvalue weighted by atomic mass is 10.1. The van der Waals surface area contributed by atoms with Gasteiger partial charge in [-0.15, -0.1) is 11.8 Å². The molecule has 0 aliphatic carbocycles. The number of amides is 1. The molecule has 1 aromatic carbocycles. The van der Waals surface area contributed by atoms with Crippen LogP contribution in [0.3, 0.4) is 0 Å². The van der Waals surface area contributed by atoms with Crippen LogP contribution in [-0.4, -0.2) is 42.6 Å². The van der Waals surface area contributed by atoms with Crippen LogP contribution in [0.5, 0.6) is 0 Å². The molecule has 0 spiro atoms. The normalized spacial score (nSPS) is 15.7. The van der Waals surface area contributed by atoms with Gasteiger partial charge < -0.3 is 15.0 Å². The van der Waals surface area contributed by atoms with Gasteiger partial charge in [0, 0.05) is 24.5 Å². The van der Waals surface area contributed by atoms with Gasteiger partial charge in [0.2, 0.25) is 5.91 Å². The number of anilines is 2. The number of nitrogens with one attached hydrogen (secondary N) is 1. The van der Waals surface area contributed by atoms with E-state index in [1.165, 1.54) is 36.7 Å². The first-order chi connectivity index (χ1) is 11.6. The minimum absolute atomic E-state index is 0.102. The number of carbonyl (C=O) groups is 2. The van der Waals surface area contributed by atoms with Crippen molar-refractivity contribution in [3.8, 4) is 0 Å². The fourth-order valence-electron chi connectivity index (χ4n) is 2.62. The number of carbonyl (C=O) groups excluding carboxylic acids is 2. The zero-order valence-electron chi connectivity index (χ0n) is 14.4. The molecule has 1 N–H and O–H groups in total. The molecular weight excluding hydrogens is 324 g/mol. The van der Waals surface area contributed by atoms with Crippen LogP contribution < -0.4 is 10.2 Å². The number of rotatable bonds is 7. The monoisotopic (exact) mass is 350 g/mol. The number of piperidine rings is 1. The molecule has 0 bridgehead atoms. The highest BCUT2D eigenvalue weighted by atomic mass is 32.2. The van der Waals surface area contributed by atoms with Crippen LogP contribution in [-0.2, 0) is 14.3 Å². The van der Waals surface area contributed by atoms with E-state index in [9.17, 15) is 9.59 Å². The van der Waals surface area contributed by atoms with Crippen molar-refractivity contribution >= 4 is 35.0 Å². The van der Waals surface area contributed by atoms with E-state index in [4.69, 9.17) is 4.74 Å². The Balaban J connectivity index is 1.81. The summed E-state index contributed by atoms with van der Waals surface area (Å²) in [6.07, 6.45) is 3.80. The smallest absolute Gasteiger partial charge is 0.315 e. The summed E-state index contributed by atoms with van der Waals surface area (Å²) >= 11 is 1.28. The summed E-state index contributed by atoms with van der Waals surface area (Å²) in [5.74, 6) is -0.195. The largest absolute Gasteiger partial charge is 0.465 e. The Morgan fingerprint density at radius 1 is 1.21 bits per heavy atom. The van der Waals surface area contributed by atoms with Crippen molar-refractivity contribution in [1.82, 2.24) is 0 Å². The van der Waals surface area contributed by atoms with Gasteiger partial charge in [0.15, 0.2) is 0 Å². The van der Waals surface area contributed by atoms with Crippen molar-refractivity contribution in [3.63, 3.8) is 0 Å². The highest BCUT2D eigenvalue weighted by Crippen LogP contribution is 2.22. The molecule has 0 saturated carbocycles. The topological polar surface area (TPSA) is 58.6 Å². The van der Waals surface area contributed by atoms with Gasteiger partial charge in [0.25, 0.3) is 0 Å². The van der Waals surface area contributed by atoms with Gasteiger partial charge in [0.1, 0.15) is 0 Å². The van der Waals surface area contributed by atoms with Crippen molar-refractivity contribution in [2.45, 2.75) is 38.4 Å². The van der Waals surface area contributed by atoms with E-state index in [1.807, 2.05) is 12.1 Å². The molecule has 1 heterocycles. The molecule has 0 unspecified atom stereocenters. The van der Waals surface area contributed by atoms with Crippen LogP contribution in [0.4, 0.5) is 11.4 Å². The molecule has 1 aliphatic heterocycles. The summed E-state index contributed by atoms with van der Waals surface area (Å²) in [6.45, 7) is 6.14. The van der Waals surface area contributed by atoms with E-state index in [0.717, 1.165) is 18.8 Å². The van der Waals surface area contributed by atoms with Crippen LogP contribution in [0.1, 0.15) is 33.1 Å². The second kappa shape index (κ2) is 9.57. The van der Waals surface area contributed by atoms with Gasteiger partial charge in [-0.05, 0) is 57.4 Å². The third-order valence-corrected chi connectivity index (χ3v) is 5.10. The molecule has 5 nitrogen and oxygen atoms in total. The minimum Gasteiger partial charge on any atom is -0.465 e. The zero-order chi connectivity index (χ0) is 17.4. The Kier molecular flexibility index (Phi) is 7.43. The van der Waals surface area contributed by atoms with Crippen molar-refractivity contribution in [2.75, 3.05) is 35.7 Å². The van der Waals surface area contributed by atoms with Gasteiger partial charge in [0.05, 0.1) is 17.6 Å². The first-order valence-electron chi connectivity index (χ1n) is 8.53. The molecule has 2 rings (SSSR count). The van der Waals surface area contributed by atoms with Gasteiger partial charge in [-0.25, -0.2) is 0 Å². The highest BCUT2D eigenvalue weighted by Gasteiger charge is 2.16. The number of hydrogen-bond acceptors (Lipinski definition) is 5. The molecule has 1 aromatic rings. The van der Waals surface area contributed by atoms with Crippen molar-refractivity contribution in [3.05, 3.63) is 24.3 Å². The van der Waals surface area contributed by atoms with Crippen molar-refractivity contribution < 1.29 is 14.3 Å². The first-order valence-corrected chi connectivity index (χ1v) is 9.58. The molecule has 0 radical (unpaired) electrons. The molecule has 1 fully saturated rings. The van der Waals surface area contributed by atoms with Gasteiger partial charge >= 0.3 is 5.97 Å². The summed E-state index contributed by atoms with van der Waals surface area (Å²) in [7, 11) is 0. The molecule has 132 valence electrons. The van der Waals surface area contributed by atoms with E-state index in [1.54, 1.807) is 13.8 Å². The van der Waals surface area contributed by atoms with Crippen molar-refractivity contribution in [1.29, 1.82) is 0 Å². The van der Waals surface area contributed by atoms with Crippen molar-refractivity contribution in [2.24, 2.45) is 0 Å². The third-order valence-electron chi connectivity index (χ3n) is 3.98. The molecule has 1 atom stereocenters. The number of esters is 1. The summed E-state index contributed by atoms with van der Waals surface area (Å²) < 4.78 is 4.86. The quantitative estimate of drug-likeness (QED) is 0.765. The lowest BCUT2D eigenvalue weighted by Crippen LogP contribution is -2.29. The van der Waals surface area contributed by atoms with E-state index in [-0.39, 0.29) is 22.9 Å². The van der Waals surface area contributed by atoms with Gasteiger partial charge in [-0.3, -0.25) is 9.59 Å². The molecule has 24 heavy (non-hydrogen) atoms. The first kappa shape index (κ1) is 18.6. The van der Waals surface area contributed by atoms with Crippen LogP contribution in [0.15, 0.2) is 24.3 Å². The van der Waals surface area contributed by atoms with Gasteiger partial charge in [-0.1, -0.05) is 0 Å². The second-order valence-corrected chi connectivity index (χ2v) is 7.17. The predicted molar refractivity (Wildman–Crippen MR) is 99.7 cm³/mol. The van der Waals surface area contributed by atoms with E-state index in [2.05, 4.69) is 22.3 Å². The minimum atomic E-state index is -0.309. The van der Waals surface area contributed by atoms with E-state index in [0.29, 0.717) is 6.61 Å². The summed E-state index contributed by atoms with van der Waals surface area (Å²) in [5, 5.41) is 2.59. The molecule has 1 aliphatic rings. The third kappa shape index (κ3) is 5.74. The number of hydrogen-bond donors (Lipinski definition) is 1. The molecule has 0 aromatic heterocycles.